The minimum atomic E-state index is -1.00. The van der Waals surface area contributed by atoms with E-state index in [9.17, 15) is 23.2 Å². The molecule has 0 fully saturated rings. The number of rotatable bonds is 8. The lowest BCUT2D eigenvalue weighted by Gasteiger charge is -2.09. The Balaban J connectivity index is 1.29. The Morgan fingerprint density at radius 1 is 1.05 bits per heavy atom. The van der Waals surface area contributed by atoms with Crippen molar-refractivity contribution < 1.29 is 18.4 Å². The number of hydrogen-bond donors (Lipinski definition) is 3. The molecule has 5 aromatic rings. The van der Waals surface area contributed by atoms with Crippen molar-refractivity contribution in [2.24, 2.45) is 0 Å². The highest BCUT2D eigenvalue weighted by atomic mass is 32.1. The average Bonchev–Trinajstić information content (AvgIpc) is 3.57. The van der Waals surface area contributed by atoms with Gasteiger partial charge in [-0.15, -0.1) is 11.3 Å². The number of carbonyl (C=O) groups is 2. The summed E-state index contributed by atoms with van der Waals surface area (Å²) in [7, 11) is 0. The maximum Gasteiger partial charge on any atom is 0.263 e. The summed E-state index contributed by atoms with van der Waals surface area (Å²) in [5.41, 5.74) is 1.80. The van der Waals surface area contributed by atoms with Crippen molar-refractivity contribution in [3.63, 3.8) is 0 Å². The summed E-state index contributed by atoms with van der Waals surface area (Å²) in [4.78, 5) is 47.2. The van der Waals surface area contributed by atoms with Crippen LogP contribution < -0.4 is 16.2 Å². The van der Waals surface area contributed by atoms with Gasteiger partial charge in [0, 0.05) is 45.8 Å². The Labute approximate surface area is 225 Å². The van der Waals surface area contributed by atoms with E-state index in [0.29, 0.717) is 23.3 Å². The monoisotopic (exact) mass is 547 g/mol. The minimum absolute atomic E-state index is 0.00721. The second-order valence-electron chi connectivity index (χ2n) is 8.73. The number of thiophene rings is 1. The summed E-state index contributed by atoms with van der Waals surface area (Å²) in [5, 5.41) is 6.35. The van der Waals surface area contributed by atoms with Gasteiger partial charge >= 0.3 is 0 Å². The lowest BCUT2D eigenvalue weighted by Crippen LogP contribution is -2.32. The Morgan fingerprint density at radius 3 is 2.69 bits per heavy atom. The van der Waals surface area contributed by atoms with Gasteiger partial charge in [0.05, 0.1) is 18.7 Å². The fourth-order valence-corrected chi connectivity index (χ4v) is 5.12. The first-order valence-corrected chi connectivity index (χ1v) is 12.9. The van der Waals surface area contributed by atoms with E-state index >= 15 is 0 Å². The molecule has 0 aliphatic rings. The molecule has 0 unspecified atom stereocenters. The molecule has 0 radical (unpaired) electrons. The van der Waals surface area contributed by atoms with Gasteiger partial charge < -0.3 is 20.2 Å². The molecular weight excluding hydrogens is 524 g/mol. The van der Waals surface area contributed by atoms with Gasteiger partial charge in [0.2, 0.25) is 0 Å². The van der Waals surface area contributed by atoms with Gasteiger partial charge in [-0.2, -0.15) is 0 Å². The molecule has 198 valence electrons. The largest absolute Gasteiger partial charge is 0.352 e. The van der Waals surface area contributed by atoms with Crippen molar-refractivity contribution in [3.05, 3.63) is 111 Å². The van der Waals surface area contributed by atoms with Crippen LogP contribution in [0.2, 0.25) is 0 Å². The van der Waals surface area contributed by atoms with E-state index in [2.05, 4.69) is 20.6 Å². The van der Waals surface area contributed by atoms with E-state index in [1.807, 2.05) is 25.3 Å². The van der Waals surface area contributed by atoms with Gasteiger partial charge in [0.25, 0.3) is 17.4 Å². The Hall–Kier alpha value is -4.64. The number of aromatic amines is 1. The molecule has 0 aliphatic carbocycles. The van der Waals surface area contributed by atoms with E-state index in [-0.39, 0.29) is 24.6 Å². The van der Waals surface area contributed by atoms with Crippen molar-refractivity contribution in [1.82, 2.24) is 25.2 Å². The van der Waals surface area contributed by atoms with Gasteiger partial charge in [-0.05, 0) is 55.0 Å². The zero-order valence-corrected chi connectivity index (χ0v) is 21.6. The summed E-state index contributed by atoms with van der Waals surface area (Å²) in [6.07, 6.45) is 4.84. The number of halogens is 2. The zero-order valence-electron chi connectivity index (χ0n) is 20.8. The number of pyridine rings is 2. The maximum absolute atomic E-state index is 13.6. The molecule has 3 N–H and O–H groups in total. The molecule has 11 heteroatoms. The molecule has 0 aliphatic heterocycles. The van der Waals surface area contributed by atoms with Crippen LogP contribution in [0.5, 0.6) is 0 Å². The number of aromatic nitrogens is 3. The smallest absolute Gasteiger partial charge is 0.263 e. The number of carbonyl (C=O) groups excluding carboxylic acids is 2. The zero-order chi connectivity index (χ0) is 27.5. The number of amides is 2. The van der Waals surface area contributed by atoms with E-state index < -0.39 is 23.1 Å². The molecule has 0 bridgehead atoms. The molecule has 0 spiro atoms. The first-order chi connectivity index (χ1) is 18.8. The third-order valence-corrected chi connectivity index (χ3v) is 7.20. The molecule has 39 heavy (non-hydrogen) atoms. The molecule has 1 aromatic carbocycles. The highest BCUT2D eigenvalue weighted by Crippen LogP contribution is 2.33. The third kappa shape index (κ3) is 5.48. The number of fused-ring (bicyclic) bond motifs is 1. The van der Waals surface area contributed by atoms with Crippen LogP contribution in [0.3, 0.4) is 0 Å². The molecule has 8 nitrogen and oxygen atoms in total. The number of benzene rings is 1. The SMILES string of the molecule is CCNC(=O)c1cnc2[nH]cc(-c3ccc(CNC(=O)c4cccn(Cc5ccc(F)c(F)c5)c4=O)s3)c2c1. The molecule has 5 rings (SSSR count). The van der Waals surface area contributed by atoms with Gasteiger partial charge in [-0.25, -0.2) is 13.8 Å². The van der Waals surface area contributed by atoms with Crippen LogP contribution in [0.4, 0.5) is 8.78 Å². The highest BCUT2D eigenvalue weighted by molar-refractivity contribution is 7.15. The molecule has 0 saturated heterocycles. The summed E-state index contributed by atoms with van der Waals surface area (Å²) in [6.45, 7) is 2.56. The van der Waals surface area contributed by atoms with Crippen molar-refractivity contribution >= 4 is 34.2 Å². The minimum Gasteiger partial charge on any atom is -0.352 e. The van der Waals surface area contributed by atoms with E-state index in [4.69, 9.17) is 0 Å². The Bertz CT molecular complexity index is 1760. The van der Waals surface area contributed by atoms with Crippen LogP contribution >= 0.6 is 11.3 Å². The average molecular weight is 548 g/mol. The van der Waals surface area contributed by atoms with Crippen LogP contribution in [-0.4, -0.2) is 32.9 Å². The molecule has 0 atom stereocenters. The Morgan fingerprint density at radius 2 is 1.90 bits per heavy atom. The van der Waals surface area contributed by atoms with Gasteiger partial charge in [0.15, 0.2) is 11.6 Å². The van der Waals surface area contributed by atoms with Crippen LogP contribution in [0.15, 0.2) is 71.9 Å². The van der Waals surface area contributed by atoms with Crippen LogP contribution in [0.1, 0.15) is 38.1 Å². The van der Waals surface area contributed by atoms with Gasteiger partial charge in [0.1, 0.15) is 11.2 Å². The van der Waals surface area contributed by atoms with E-state index in [1.54, 1.807) is 12.1 Å². The highest BCUT2D eigenvalue weighted by Gasteiger charge is 2.15. The van der Waals surface area contributed by atoms with E-state index in [0.717, 1.165) is 32.8 Å². The normalized spacial score (nSPS) is 11.1. The fourth-order valence-electron chi connectivity index (χ4n) is 4.14. The number of nitrogens with one attached hydrogen (secondary N) is 3. The molecule has 4 heterocycles. The number of nitrogens with zero attached hydrogens (tertiary/aromatic N) is 2. The predicted octanol–water partition coefficient (Wildman–Crippen LogP) is 4.46. The summed E-state index contributed by atoms with van der Waals surface area (Å²) in [5.74, 6) is -2.71. The van der Waals surface area contributed by atoms with Crippen LogP contribution in [0, 0.1) is 11.6 Å². The lowest BCUT2D eigenvalue weighted by molar-refractivity contribution is 0.0943. The van der Waals surface area contributed by atoms with Gasteiger partial charge in [-0.3, -0.25) is 14.4 Å². The van der Waals surface area contributed by atoms with Crippen LogP contribution in [0.25, 0.3) is 21.5 Å². The number of H-pyrrole nitrogens is 1. The lowest BCUT2D eigenvalue weighted by atomic mass is 10.1. The van der Waals surface area contributed by atoms with Crippen molar-refractivity contribution in [2.45, 2.75) is 20.0 Å². The molecule has 4 aromatic heterocycles. The molecule has 2 amide bonds. The second-order valence-corrected chi connectivity index (χ2v) is 9.90. The summed E-state index contributed by atoms with van der Waals surface area (Å²) >= 11 is 1.47. The third-order valence-electron chi connectivity index (χ3n) is 6.08. The fraction of sp³-hybridized carbons (Fsp3) is 0.143. The quantitative estimate of drug-likeness (QED) is 0.267. The van der Waals surface area contributed by atoms with Crippen molar-refractivity contribution in [1.29, 1.82) is 0 Å². The van der Waals surface area contributed by atoms with Crippen molar-refractivity contribution in [2.75, 3.05) is 6.54 Å². The standard InChI is InChI=1S/C28H23F2N5O3S/c1-2-31-26(36)17-11-20-21(14-33-25(20)32-12-17)24-8-6-18(39-24)13-34-27(37)19-4-3-9-35(28(19)38)15-16-5-7-22(29)23(30)10-16/h3-12,14H,2,13,15H2,1H3,(H,31,36)(H,32,33)(H,34,37). The van der Waals surface area contributed by atoms with Crippen LogP contribution in [-0.2, 0) is 13.1 Å². The summed E-state index contributed by atoms with van der Waals surface area (Å²) < 4.78 is 28.0. The van der Waals surface area contributed by atoms with E-state index in [1.165, 1.54) is 40.4 Å². The number of hydrogen-bond acceptors (Lipinski definition) is 5. The topological polar surface area (TPSA) is 109 Å². The molecular formula is C28H23F2N5O3S. The first-order valence-electron chi connectivity index (χ1n) is 12.1. The molecule has 0 saturated carbocycles. The second kappa shape index (κ2) is 11.0. The summed E-state index contributed by atoms with van der Waals surface area (Å²) in [6, 6.07) is 12.0. The first kappa shape index (κ1) is 26.0. The Kier molecular flexibility index (Phi) is 7.33. The maximum atomic E-state index is 13.6. The van der Waals surface area contributed by atoms with Gasteiger partial charge in [-0.1, -0.05) is 6.07 Å². The van der Waals surface area contributed by atoms with Crippen molar-refractivity contribution in [3.8, 4) is 10.4 Å². The predicted molar refractivity (Wildman–Crippen MR) is 145 cm³/mol.